The maximum absolute atomic E-state index is 5.78. The molecule has 0 saturated carbocycles. The molecule has 0 aliphatic rings. The van der Waals surface area contributed by atoms with E-state index in [0.717, 1.165) is 18.8 Å². The maximum Gasteiger partial charge on any atom is 0.110 e. The van der Waals surface area contributed by atoms with Crippen molar-refractivity contribution >= 4 is 21.4 Å². The quantitative estimate of drug-likeness (QED) is 0.560. The number of hydrogen-bond acceptors (Lipinski definition) is 4. The molecule has 3 rings (SSSR count). The lowest BCUT2D eigenvalue weighted by molar-refractivity contribution is 0.527. The van der Waals surface area contributed by atoms with Crippen LogP contribution in [0.5, 0.6) is 0 Å². The molecule has 20 heavy (non-hydrogen) atoms. The van der Waals surface area contributed by atoms with Crippen LogP contribution in [0.1, 0.15) is 24.4 Å². The summed E-state index contributed by atoms with van der Waals surface area (Å²) < 4.78 is 3.44. The van der Waals surface area contributed by atoms with Gasteiger partial charge in [0.05, 0.1) is 6.04 Å². The molecule has 0 amide bonds. The van der Waals surface area contributed by atoms with Gasteiger partial charge in [0, 0.05) is 30.1 Å². The summed E-state index contributed by atoms with van der Waals surface area (Å²) in [4.78, 5) is 4.44. The number of benzene rings is 1. The van der Waals surface area contributed by atoms with Gasteiger partial charge in [-0.05, 0) is 29.3 Å². The van der Waals surface area contributed by atoms with Gasteiger partial charge in [-0.2, -0.15) is 0 Å². The molecular formula is C15H18N4S. The van der Waals surface area contributed by atoms with Gasteiger partial charge in [0.2, 0.25) is 0 Å². The molecule has 0 aliphatic carbocycles. The zero-order chi connectivity index (χ0) is 13.9. The first-order valence-corrected chi connectivity index (χ1v) is 7.63. The van der Waals surface area contributed by atoms with E-state index in [1.165, 1.54) is 15.6 Å². The molecule has 1 unspecified atom stereocenters. The Morgan fingerprint density at radius 1 is 1.40 bits per heavy atom. The average molecular weight is 286 g/mol. The van der Waals surface area contributed by atoms with Crippen LogP contribution >= 0.6 is 11.3 Å². The molecule has 4 nitrogen and oxygen atoms in total. The predicted octanol–water partition coefficient (Wildman–Crippen LogP) is 2.86. The van der Waals surface area contributed by atoms with Gasteiger partial charge < -0.3 is 4.57 Å². The lowest BCUT2D eigenvalue weighted by Crippen LogP contribution is -2.30. The third kappa shape index (κ3) is 2.35. The minimum atomic E-state index is 0.0823. The van der Waals surface area contributed by atoms with Gasteiger partial charge in [-0.15, -0.1) is 11.3 Å². The van der Waals surface area contributed by atoms with Crippen LogP contribution in [0.15, 0.2) is 42.0 Å². The third-order valence-corrected chi connectivity index (χ3v) is 4.60. The van der Waals surface area contributed by atoms with Gasteiger partial charge in [-0.1, -0.05) is 18.2 Å². The first-order valence-electron chi connectivity index (χ1n) is 6.75. The topological polar surface area (TPSA) is 55.9 Å². The van der Waals surface area contributed by atoms with E-state index >= 15 is 0 Å². The van der Waals surface area contributed by atoms with Gasteiger partial charge in [-0.3, -0.25) is 11.3 Å². The second-order valence-corrected chi connectivity index (χ2v) is 5.65. The number of rotatable bonds is 5. The summed E-state index contributed by atoms with van der Waals surface area (Å²) in [6, 6.07) is 8.51. The summed E-state index contributed by atoms with van der Waals surface area (Å²) in [5.41, 5.74) is 4.19. The number of hydrazine groups is 1. The van der Waals surface area contributed by atoms with Crippen molar-refractivity contribution in [3.8, 4) is 0 Å². The van der Waals surface area contributed by atoms with E-state index in [1.54, 1.807) is 11.3 Å². The number of hydrogen-bond donors (Lipinski definition) is 2. The lowest BCUT2D eigenvalue weighted by atomic mass is 10.0. The van der Waals surface area contributed by atoms with E-state index in [9.17, 15) is 0 Å². The first-order chi connectivity index (χ1) is 9.83. The zero-order valence-electron chi connectivity index (χ0n) is 11.4. The Morgan fingerprint density at radius 2 is 2.25 bits per heavy atom. The molecule has 0 aliphatic heterocycles. The summed E-state index contributed by atoms with van der Waals surface area (Å²) in [6.45, 7) is 3.05. The second kappa shape index (κ2) is 5.75. The molecule has 0 spiro atoms. The van der Waals surface area contributed by atoms with E-state index in [1.807, 2.05) is 12.4 Å². The molecule has 1 aromatic carbocycles. The average Bonchev–Trinajstić information content (AvgIpc) is 3.11. The SMILES string of the molecule is CCn1ccnc1CC(NN)c1csc2ccccc12. The van der Waals surface area contributed by atoms with Crippen LogP contribution < -0.4 is 11.3 Å². The van der Waals surface area contributed by atoms with Crippen molar-refractivity contribution in [2.75, 3.05) is 0 Å². The van der Waals surface area contributed by atoms with E-state index in [0.29, 0.717) is 0 Å². The largest absolute Gasteiger partial charge is 0.335 e. The predicted molar refractivity (Wildman–Crippen MR) is 83.5 cm³/mol. The van der Waals surface area contributed by atoms with Gasteiger partial charge in [0.25, 0.3) is 0 Å². The number of aryl methyl sites for hydroxylation is 1. The Bertz CT molecular complexity index is 701. The molecule has 104 valence electrons. The van der Waals surface area contributed by atoms with Crippen LogP contribution in [0.3, 0.4) is 0 Å². The van der Waals surface area contributed by atoms with E-state index in [4.69, 9.17) is 5.84 Å². The molecule has 2 heterocycles. The fraction of sp³-hybridized carbons (Fsp3) is 0.267. The lowest BCUT2D eigenvalue weighted by Gasteiger charge is -2.16. The van der Waals surface area contributed by atoms with Crippen molar-refractivity contribution in [2.45, 2.75) is 25.9 Å². The highest BCUT2D eigenvalue weighted by Gasteiger charge is 2.17. The normalized spacial score (nSPS) is 12.9. The van der Waals surface area contributed by atoms with Gasteiger partial charge in [0.1, 0.15) is 5.82 Å². The summed E-state index contributed by atoms with van der Waals surface area (Å²) in [7, 11) is 0. The number of nitrogens with two attached hydrogens (primary N) is 1. The minimum Gasteiger partial charge on any atom is -0.335 e. The Morgan fingerprint density at radius 3 is 3.05 bits per heavy atom. The summed E-state index contributed by atoms with van der Waals surface area (Å²) in [5, 5.41) is 3.46. The highest BCUT2D eigenvalue weighted by atomic mass is 32.1. The molecule has 3 N–H and O–H groups in total. The second-order valence-electron chi connectivity index (χ2n) is 4.74. The number of fused-ring (bicyclic) bond motifs is 1. The van der Waals surface area contributed by atoms with Crippen LogP contribution in [0.25, 0.3) is 10.1 Å². The number of aromatic nitrogens is 2. The number of thiophene rings is 1. The highest BCUT2D eigenvalue weighted by Crippen LogP contribution is 2.31. The Hall–Kier alpha value is -1.69. The molecule has 2 aromatic heterocycles. The Kier molecular flexibility index (Phi) is 3.82. The molecule has 0 fully saturated rings. The number of nitrogens with zero attached hydrogens (tertiary/aromatic N) is 2. The van der Waals surface area contributed by atoms with Gasteiger partial charge in [0.15, 0.2) is 0 Å². The van der Waals surface area contributed by atoms with E-state index < -0.39 is 0 Å². The monoisotopic (exact) mass is 286 g/mol. The van der Waals surface area contributed by atoms with Crippen molar-refractivity contribution in [2.24, 2.45) is 5.84 Å². The fourth-order valence-electron chi connectivity index (χ4n) is 2.53. The third-order valence-electron chi connectivity index (χ3n) is 3.62. The van der Waals surface area contributed by atoms with Crippen LogP contribution in [-0.4, -0.2) is 9.55 Å². The van der Waals surface area contributed by atoms with Crippen molar-refractivity contribution in [1.29, 1.82) is 0 Å². The van der Waals surface area contributed by atoms with E-state index in [2.05, 4.69) is 51.5 Å². The zero-order valence-corrected chi connectivity index (χ0v) is 12.2. The van der Waals surface area contributed by atoms with Crippen LogP contribution in [0, 0.1) is 0 Å². The minimum absolute atomic E-state index is 0.0823. The number of nitrogens with one attached hydrogen (secondary N) is 1. The van der Waals surface area contributed by atoms with Gasteiger partial charge >= 0.3 is 0 Å². The van der Waals surface area contributed by atoms with Crippen molar-refractivity contribution in [1.82, 2.24) is 15.0 Å². The first kappa shape index (κ1) is 13.3. The molecular weight excluding hydrogens is 268 g/mol. The van der Waals surface area contributed by atoms with Crippen LogP contribution in [0.2, 0.25) is 0 Å². The summed E-state index contributed by atoms with van der Waals surface area (Å²) >= 11 is 1.76. The Labute approximate surface area is 122 Å². The highest BCUT2D eigenvalue weighted by molar-refractivity contribution is 7.17. The molecule has 3 aromatic rings. The van der Waals surface area contributed by atoms with Crippen molar-refractivity contribution in [3.63, 3.8) is 0 Å². The maximum atomic E-state index is 5.78. The smallest absolute Gasteiger partial charge is 0.110 e. The summed E-state index contributed by atoms with van der Waals surface area (Å²) in [6.07, 6.45) is 4.64. The molecule has 1 atom stereocenters. The van der Waals surface area contributed by atoms with Gasteiger partial charge in [-0.25, -0.2) is 4.98 Å². The van der Waals surface area contributed by atoms with E-state index in [-0.39, 0.29) is 6.04 Å². The van der Waals surface area contributed by atoms with Crippen molar-refractivity contribution < 1.29 is 0 Å². The molecule has 0 saturated heterocycles. The molecule has 5 heteroatoms. The molecule has 0 bridgehead atoms. The van der Waals surface area contributed by atoms with Crippen LogP contribution in [0.4, 0.5) is 0 Å². The number of imidazole rings is 1. The Balaban J connectivity index is 1.94. The summed E-state index contributed by atoms with van der Waals surface area (Å²) in [5.74, 6) is 6.84. The molecule has 0 radical (unpaired) electrons. The standard InChI is InChI=1S/C15H18N4S/c1-2-19-8-7-17-15(19)9-13(18-16)12-10-20-14-6-4-3-5-11(12)14/h3-8,10,13,18H,2,9,16H2,1H3. The van der Waals surface area contributed by atoms with Crippen molar-refractivity contribution in [3.05, 3.63) is 53.4 Å². The van der Waals surface area contributed by atoms with Crippen LogP contribution in [-0.2, 0) is 13.0 Å². The fourth-order valence-corrected chi connectivity index (χ4v) is 3.54.